The molecule has 0 bridgehead atoms. The SMILES string of the molecule is NCC1(c2cccc3cc[nH]c23)CCC(O)CC1. The zero-order valence-electron chi connectivity index (χ0n) is 10.5. The Labute approximate surface area is 107 Å². The van der Waals surface area contributed by atoms with E-state index in [2.05, 4.69) is 29.2 Å². The van der Waals surface area contributed by atoms with Crippen LogP contribution in [0.5, 0.6) is 0 Å². The van der Waals surface area contributed by atoms with Gasteiger partial charge in [-0.25, -0.2) is 0 Å². The van der Waals surface area contributed by atoms with Crippen LogP contribution in [0.3, 0.4) is 0 Å². The molecule has 3 heteroatoms. The van der Waals surface area contributed by atoms with Crippen LogP contribution in [0, 0.1) is 0 Å². The molecule has 96 valence electrons. The number of nitrogens with one attached hydrogen (secondary N) is 1. The molecule has 1 aliphatic carbocycles. The van der Waals surface area contributed by atoms with E-state index in [1.165, 1.54) is 16.5 Å². The third-order valence-corrected chi connectivity index (χ3v) is 4.46. The highest BCUT2D eigenvalue weighted by Crippen LogP contribution is 2.41. The second-order valence-corrected chi connectivity index (χ2v) is 5.46. The van der Waals surface area contributed by atoms with Crippen LogP contribution in [-0.2, 0) is 5.41 Å². The zero-order valence-corrected chi connectivity index (χ0v) is 10.5. The summed E-state index contributed by atoms with van der Waals surface area (Å²) in [6, 6.07) is 8.51. The highest BCUT2D eigenvalue weighted by Gasteiger charge is 2.36. The molecular formula is C15H20N2O. The third kappa shape index (κ3) is 1.74. The van der Waals surface area contributed by atoms with Crippen molar-refractivity contribution in [2.45, 2.75) is 37.2 Å². The largest absolute Gasteiger partial charge is 0.393 e. The van der Waals surface area contributed by atoms with Gasteiger partial charge >= 0.3 is 0 Å². The molecule has 1 aromatic heterocycles. The minimum Gasteiger partial charge on any atom is -0.393 e. The van der Waals surface area contributed by atoms with Crippen LogP contribution in [0.4, 0.5) is 0 Å². The molecule has 0 amide bonds. The Morgan fingerprint density at radius 1 is 1.28 bits per heavy atom. The van der Waals surface area contributed by atoms with E-state index in [4.69, 9.17) is 5.73 Å². The average molecular weight is 244 g/mol. The lowest BCUT2D eigenvalue weighted by Gasteiger charge is -2.38. The van der Waals surface area contributed by atoms with Crippen LogP contribution >= 0.6 is 0 Å². The summed E-state index contributed by atoms with van der Waals surface area (Å²) < 4.78 is 0. The molecule has 1 aliphatic rings. The standard InChI is InChI=1S/C15H20N2O/c16-10-15(7-4-12(18)5-8-15)13-3-1-2-11-6-9-17-14(11)13/h1-3,6,9,12,17-18H,4-5,7-8,10,16H2. The first kappa shape index (κ1) is 11.8. The molecule has 0 unspecified atom stereocenters. The molecule has 18 heavy (non-hydrogen) atoms. The van der Waals surface area contributed by atoms with Crippen LogP contribution in [-0.4, -0.2) is 22.7 Å². The number of aliphatic hydroxyl groups is 1. The van der Waals surface area contributed by atoms with Crippen molar-refractivity contribution in [2.75, 3.05) is 6.54 Å². The molecule has 0 radical (unpaired) electrons. The van der Waals surface area contributed by atoms with Crippen molar-refractivity contribution in [1.82, 2.24) is 4.98 Å². The normalized spacial score (nSPS) is 28.7. The number of benzene rings is 1. The molecule has 1 aromatic carbocycles. The summed E-state index contributed by atoms with van der Waals surface area (Å²) in [4.78, 5) is 3.34. The van der Waals surface area contributed by atoms with Gasteiger partial charge in [-0.3, -0.25) is 0 Å². The molecule has 0 saturated heterocycles. The lowest BCUT2D eigenvalue weighted by atomic mass is 9.68. The van der Waals surface area contributed by atoms with Gasteiger partial charge in [0, 0.05) is 23.7 Å². The van der Waals surface area contributed by atoms with Gasteiger partial charge in [-0.1, -0.05) is 18.2 Å². The van der Waals surface area contributed by atoms with Crippen molar-refractivity contribution in [3.63, 3.8) is 0 Å². The number of aromatic nitrogens is 1. The van der Waals surface area contributed by atoms with Gasteiger partial charge in [0.1, 0.15) is 0 Å². The number of rotatable bonds is 2. The Hall–Kier alpha value is -1.32. The lowest BCUT2D eigenvalue weighted by molar-refractivity contribution is 0.0978. The Balaban J connectivity index is 2.08. The van der Waals surface area contributed by atoms with Crippen LogP contribution in [0.2, 0.25) is 0 Å². The van der Waals surface area contributed by atoms with E-state index >= 15 is 0 Å². The number of fused-ring (bicyclic) bond motifs is 1. The summed E-state index contributed by atoms with van der Waals surface area (Å²) >= 11 is 0. The maximum Gasteiger partial charge on any atom is 0.0541 e. The van der Waals surface area contributed by atoms with Crippen LogP contribution in [0.25, 0.3) is 10.9 Å². The third-order valence-electron chi connectivity index (χ3n) is 4.46. The first-order valence-corrected chi connectivity index (χ1v) is 6.70. The van der Waals surface area contributed by atoms with Gasteiger partial charge in [0.05, 0.1) is 6.10 Å². The van der Waals surface area contributed by atoms with Gasteiger partial charge in [0.25, 0.3) is 0 Å². The van der Waals surface area contributed by atoms with Crippen molar-refractivity contribution in [3.8, 4) is 0 Å². The number of aromatic amines is 1. The molecule has 1 saturated carbocycles. The number of para-hydroxylation sites is 1. The topological polar surface area (TPSA) is 62.0 Å². The highest BCUT2D eigenvalue weighted by atomic mass is 16.3. The van der Waals surface area contributed by atoms with Crippen molar-refractivity contribution in [1.29, 1.82) is 0 Å². The molecular weight excluding hydrogens is 224 g/mol. The predicted molar refractivity (Wildman–Crippen MR) is 73.5 cm³/mol. The monoisotopic (exact) mass is 244 g/mol. The molecule has 0 aliphatic heterocycles. The van der Waals surface area contributed by atoms with Gasteiger partial charge in [-0.15, -0.1) is 0 Å². The first-order chi connectivity index (χ1) is 8.75. The van der Waals surface area contributed by atoms with E-state index in [9.17, 15) is 5.11 Å². The van der Waals surface area contributed by atoms with E-state index in [0.717, 1.165) is 25.7 Å². The van der Waals surface area contributed by atoms with E-state index in [-0.39, 0.29) is 11.5 Å². The van der Waals surface area contributed by atoms with Gasteiger partial charge in [0.2, 0.25) is 0 Å². The minimum absolute atomic E-state index is 0.0313. The zero-order chi connectivity index (χ0) is 12.6. The van der Waals surface area contributed by atoms with Crippen molar-refractivity contribution >= 4 is 10.9 Å². The van der Waals surface area contributed by atoms with E-state index in [1.807, 2.05) is 6.20 Å². The van der Waals surface area contributed by atoms with Crippen molar-refractivity contribution < 1.29 is 5.11 Å². The summed E-state index contributed by atoms with van der Waals surface area (Å²) in [7, 11) is 0. The number of nitrogens with two attached hydrogens (primary N) is 1. The molecule has 1 heterocycles. The Morgan fingerprint density at radius 3 is 2.78 bits per heavy atom. The van der Waals surface area contributed by atoms with Crippen LogP contribution in [0.1, 0.15) is 31.2 Å². The summed E-state index contributed by atoms with van der Waals surface area (Å²) in [5.41, 5.74) is 8.64. The molecule has 0 spiro atoms. The summed E-state index contributed by atoms with van der Waals surface area (Å²) in [6.07, 6.45) is 5.50. The molecule has 1 fully saturated rings. The first-order valence-electron chi connectivity index (χ1n) is 6.70. The van der Waals surface area contributed by atoms with E-state index < -0.39 is 0 Å². The quantitative estimate of drug-likeness (QED) is 0.759. The van der Waals surface area contributed by atoms with Gasteiger partial charge in [-0.2, -0.15) is 0 Å². The maximum atomic E-state index is 9.71. The predicted octanol–water partition coefficient (Wildman–Crippen LogP) is 2.30. The fraction of sp³-hybridized carbons (Fsp3) is 0.467. The second-order valence-electron chi connectivity index (χ2n) is 5.46. The number of hydrogen-bond acceptors (Lipinski definition) is 2. The molecule has 3 nitrogen and oxygen atoms in total. The van der Waals surface area contributed by atoms with Gasteiger partial charge in [0.15, 0.2) is 0 Å². The van der Waals surface area contributed by atoms with Gasteiger partial charge in [-0.05, 0) is 42.7 Å². The average Bonchev–Trinajstić information content (AvgIpc) is 2.88. The van der Waals surface area contributed by atoms with E-state index in [1.54, 1.807) is 0 Å². The van der Waals surface area contributed by atoms with Crippen LogP contribution in [0.15, 0.2) is 30.5 Å². The Kier molecular flexibility index (Phi) is 2.88. The second kappa shape index (κ2) is 4.41. The molecule has 2 aromatic rings. The number of hydrogen-bond donors (Lipinski definition) is 3. The lowest BCUT2D eigenvalue weighted by Crippen LogP contribution is -2.40. The summed E-state index contributed by atoms with van der Waals surface area (Å²) in [5, 5.41) is 11.0. The Morgan fingerprint density at radius 2 is 2.06 bits per heavy atom. The maximum absolute atomic E-state index is 9.71. The molecule has 3 rings (SSSR count). The fourth-order valence-corrected chi connectivity index (χ4v) is 3.27. The van der Waals surface area contributed by atoms with Gasteiger partial charge < -0.3 is 15.8 Å². The summed E-state index contributed by atoms with van der Waals surface area (Å²) in [6.45, 7) is 0.651. The number of H-pyrrole nitrogens is 1. The Bertz CT molecular complexity index is 538. The smallest absolute Gasteiger partial charge is 0.0541 e. The van der Waals surface area contributed by atoms with E-state index in [0.29, 0.717) is 6.54 Å². The molecule has 4 N–H and O–H groups in total. The number of aliphatic hydroxyl groups excluding tert-OH is 1. The summed E-state index contributed by atoms with van der Waals surface area (Å²) in [5.74, 6) is 0. The minimum atomic E-state index is -0.146. The highest BCUT2D eigenvalue weighted by molar-refractivity contribution is 5.83. The van der Waals surface area contributed by atoms with Crippen molar-refractivity contribution in [3.05, 3.63) is 36.0 Å². The molecule has 0 atom stereocenters. The van der Waals surface area contributed by atoms with Crippen LogP contribution < -0.4 is 5.73 Å². The fourth-order valence-electron chi connectivity index (χ4n) is 3.27. The van der Waals surface area contributed by atoms with Crippen molar-refractivity contribution in [2.24, 2.45) is 5.73 Å².